The van der Waals surface area contributed by atoms with Crippen LogP contribution in [0.4, 0.5) is 18.9 Å². The van der Waals surface area contributed by atoms with Gasteiger partial charge in [-0.15, -0.1) is 11.3 Å². The highest BCUT2D eigenvalue weighted by Crippen LogP contribution is 2.32. The lowest BCUT2D eigenvalue weighted by molar-refractivity contribution is -0.137. The van der Waals surface area contributed by atoms with Crippen LogP contribution in [0.15, 0.2) is 53.9 Å². The number of rotatable bonds is 7. The number of thiazole rings is 1. The van der Waals surface area contributed by atoms with Crippen molar-refractivity contribution >= 4 is 28.8 Å². The predicted octanol–water partition coefficient (Wildman–Crippen LogP) is 5.56. The third-order valence-electron chi connectivity index (χ3n) is 5.24. The summed E-state index contributed by atoms with van der Waals surface area (Å²) in [6.07, 6.45) is 1.94. The number of hydrazine groups is 1. The lowest BCUT2D eigenvalue weighted by atomic mass is 9.95. The van der Waals surface area contributed by atoms with Gasteiger partial charge in [0.1, 0.15) is 0 Å². The van der Waals surface area contributed by atoms with E-state index in [9.17, 15) is 22.8 Å². The zero-order valence-corrected chi connectivity index (χ0v) is 21.3. The van der Waals surface area contributed by atoms with Gasteiger partial charge in [-0.05, 0) is 42.2 Å². The van der Waals surface area contributed by atoms with Crippen LogP contribution in [-0.2, 0) is 18.1 Å². The first-order valence-corrected chi connectivity index (χ1v) is 12.2. The second-order valence-electron chi connectivity index (χ2n) is 9.17. The number of nitrogens with zero attached hydrogens (tertiary/aromatic N) is 3. The van der Waals surface area contributed by atoms with Crippen LogP contribution in [0, 0.1) is 0 Å². The molecule has 11 heteroatoms. The van der Waals surface area contributed by atoms with Crippen molar-refractivity contribution in [2.24, 2.45) is 4.99 Å². The lowest BCUT2D eigenvalue weighted by Crippen LogP contribution is -2.30. The summed E-state index contributed by atoms with van der Waals surface area (Å²) in [7, 11) is 0. The molecule has 0 saturated carbocycles. The molecule has 192 valence electrons. The number of unbranched alkanes of at least 4 members (excludes halogenated alkanes) is 1. The fourth-order valence-corrected chi connectivity index (χ4v) is 4.23. The number of carbonyl (C=O) groups is 2. The second kappa shape index (κ2) is 11.1. The predicted molar refractivity (Wildman–Crippen MR) is 133 cm³/mol. The van der Waals surface area contributed by atoms with Gasteiger partial charge in [-0.3, -0.25) is 25.4 Å². The normalized spacial score (nSPS) is 12.5. The highest BCUT2D eigenvalue weighted by atomic mass is 32.1. The molecule has 0 fully saturated rings. The van der Waals surface area contributed by atoms with Gasteiger partial charge in [0.25, 0.3) is 11.8 Å². The van der Waals surface area contributed by atoms with E-state index in [1.54, 1.807) is 0 Å². The molecule has 2 heterocycles. The van der Waals surface area contributed by atoms with Gasteiger partial charge < -0.3 is 4.57 Å². The number of hydrogen-bond acceptors (Lipinski definition) is 5. The summed E-state index contributed by atoms with van der Waals surface area (Å²) in [6.45, 7) is 8.78. The average Bonchev–Trinajstić information content (AvgIpc) is 3.24. The standard InChI is InChI=1S/C25H28F3N5O2S/c1-5-6-13-33-15-20(24(2,3)4)36-23(33)30-22(35)18-14-17(25(26,27)28)7-8-19(18)31-32-21(34)16-9-11-29-12-10-16/h7-12,14-15,31H,5-6,13H2,1-4H3,(H,32,34)/b30-23-. The number of carbonyl (C=O) groups excluding carboxylic acids is 2. The first kappa shape index (κ1) is 27.1. The molecule has 36 heavy (non-hydrogen) atoms. The Hall–Kier alpha value is -3.47. The van der Waals surface area contributed by atoms with E-state index in [-0.39, 0.29) is 22.2 Å². The summed E-state index contributed by atoms with van der Waals surface area (Å²) in [5, 5.41) is 0. The van der Waals surface area contributed by atoms with Crippen molar-refractivity contribution in [3.8, 4) is 0 Å². The van der Waals surface area contributed by atoms with Crippen LogP contribution in [0.3, 0.4) is 0 Å². The van der Waals surface area contributed by atoms with Crippen LogP contribution in [-0.4, -0.2) is 21.4 Å². The smallest absolute Gasteiger partial charge is 0.323 e. The van der Waals surface area contributed by atoms with Crippen molar-refractivity contribution in [1.29, 1.82) is 0 Å². The molecule has 0 saturated heterocycles. The number of pyridine rings is 1. The SMILES string of the molecule is CCCCn1cc(C(C)(C)C)s/c1=N\C(=O)c1cc(C(F)(F)F)ccc1NNC(=O)c1ccncc1. The highest BCUT2D eigenvalue weighted by Gasteiger charge is 2.32. The Kier molecular flexibility index (Phi) is 8.34. The molecule has 0 unspecified atom stereocenters. The van der Waals surface area contributed by atoms with Crippen LogP contribution in [0.2, 0.25) is 0 Å². The molecule has 2 aromatic heterocycles. The third kappa shape index (κ3) is 6.81. The van der Waals surface area contributed by atoms with Gasteiger partial charge in [-0.1, -0.05) is 34.1 Å². The summed E-state index contributed by atoms with van der Waals surface area (Å²) in [4.78, 5) is 35.0. The van der Waals surface area contributed by atoms with E-state index < -0.39 is 23.6 Å². The van der Waals surface area contributed by atoms with Gasteiger partial charge >= 0.3 is 6.18 Å². The largest absolute Gasteiger partial charge is 0.416 e. The van der Waals surface area contributed by atoms with Crippen molar-refractivity contribution in [3.05, 3.63) is 75.3 Å². The highest BCUT2D eigenvalue weighted by molar-refractivity contribution is 7.09. The molecular formula is C25H28F3N5O2S. The van der Waals surface area contributed by atoms with Crippen molar-refractivity contribution in [2.75, 3.05) is 5.43 Å². The maximum absolute atomic E-state index is 13.4. The molecule has 1 aromatic carbocycles. The van der Waals surface area contributed by atoms with E-state index in [0.29, 0.717) is 11.3 Å². The first-order valence-electron chi connectivity index (χ1n) is 11.4. The van der Waals surface area contributed by atoms with Gasteiger partial charge in [0.15, 0.2) is 4.80 Å². The molecule has 7 nitrogen and oxygen atoms in total. The van der Waals surface area contributed by atoms with Crippen LogP contribution >= 0.6 is 11.3 Å². The maximum atomic E-state index is 13.4. The quantitative estimate of drug-likeness (QED) is 0.400. The number of hydrogen-bond donors (Lipinski definition) is 2. The van der Waals surface area contributed by atoms with E-state index >= 15 is 0 Å². The van der Waals surface area contributed by atoms with Gasteiger partial charge in [-0.25, -0.2) is 0 Å². The molecular weight excluding hydrogens is 491 g/mol. The van der Waals surface area contributed by atoms with E-state index in [4.69, 9.17) is 0 Å². The summed E-state index contributed by atoms with van der Waals surface area (Å²) in [5.41, 5.74) is 3.75. The zero-order valence-electron chi connectivity index (χ0n) is 20.4. The van der Waals surface area contributed by atoms with Gasteiger partial charge in [-0.2, -0.15) is 18.2 Å². The molecule has 3 aromatic rings. The molecule has 0 aliphatic carbocycles. The zero-order chi connectivity index (χ0) is 26.5. The molecule has 2 N–H and O–H groups in total. The molecule has 0 atom stereocenters. The summed E-state index contributed by atoms with van der Waals surface area (Å²) in [6, 6.07) is 5.62. The van der Waals surface area contributed by atoms with Crippen molar-refractivity contribution in [1.82, 2.24) is 15.0 Å². The number of benzene rings is 1. The first-order chi connectivity index (χ1) is 16.9. The molecule has 0 aliphatic heterocycles. The summed E-state index contributed by atoms with van der Waals surface area (Å²) in [5.74, 6) is -1.40. The molecule has 3 rings (SSSR count). The van der Waals surface area contributed by atoms with E-state index in [1.807, 2.05) is 38.5 Å². The van der Waals surface area contributed by atoms with Gasteiger partial charge in [0, 0.05) is 35.6 Å². The minimum atomic E-state index is -4.66. The van der Waals surface area contributed by atoms with Gasteiger partial charge in [0.05, 0.1) is 16.8 Å². The van der Waals surface area contributed by atoms with Crippen LogP contribution in [0.5, 0.6) is 0 Å². The number of alkyl halides is 3. The fourth-order valence-electron chi connectivity index (χ4n) is 3.16. The monoisotopic (exact) mass is 519 g/mol. The van der Waals surface area contributed by atoms with Crippen molar-refractivity contribution in [3.63, 3.8) is 0 Å². The molecule has 0 radical (unpaired) electrons. The maximum Gasteiger partial charge on any atom is 0.416 e. The fraction of sp³-hybridized carbons (Fsp3) is 0.360. The Morgan fingerprint density at radius 2 is 1.81 bits per heavy atom. The minimum absolute atomic E-state index is 0.00753. The van der Waals surface area contributed by atoms with E-state index in [1.165, 1.54) is 35.9 Å². The molecule has 0 spiro atoms. The van der Waals surface area contributed by atoms with Crippen molar-refractivity contribution in [2.45, 2.75) is 58.7 Å². The second-order valence-corrected chi connectivity index (χ2v) is 10.2. The number of anilines is 1. The van der Waals surface area contributed by atoms with Crippen LogP contribution in [0.1, 0.15) is 71.7 Å². The average molecular weight is 520 g/mol. The number of amides is 2. The van der Waals surface area contributed by atoms with Gasteiger partial charge in [0.2, 0.25) is 0 Å². The lowest BCUT2D eigenvalue weighted by Gasteiger charge is -2.14. The van der Waals surface area contributed by atoms with Crippen molar-refractivity contribution < 1.29 is 22.8 Å². The summed E-state index contributed by atoms with van der Waals surface area (Å²) < 4.78 is 42.1. The molecule has 2 amide bonds. The summed E-state index contributed by atoms with van der Waals surface area (Å²) >= 11 is 1.33. The topological polar surface area (TPSA) is 88.4 Å². The number of aryl methyl sites for hydroxylation is 1. The Morgan fingerprint density at radius 3 is 2.42 bits per heavy atom. The molecule has 0 bridgehead atoms. The molecule has 0 aliphatic rings. The number of nitrogens with one attached hydrogen (secondary N) is 2. The number of aromatic nitrogens is 2. The third-order valence-corrected chi connectivity index (χ3v) is 6.69. The van der Waals surface area contributed by atoms with E-state index in [2.05, 4.69) is 20.8 Å². The Bertz CT molecular complexity index is 1290. The Balaban J connectivity index is 2.01. The Labute approximate surface area is 211 Å². The Morgan fingerprint density at radius 1 is 1.11 bits per heavy atom. The minimum Gasteiger partial charge on any atom is -0.323 e. The van der Waals surface area contributed by atoms with Crippen LogP contribution in [0.25, 0.3) is 0 Å². The van der Waals surface area contributed by atoms with E-state index in [0.717, 1.165) is 35.9 Å². The van der Waals surface area contributed by atoms with Crippen LogP contribution < -0.4 is 15.7 Å². The number of halogens is 3.